The molecule has 0 aliphatic rings. The van der Waals surface area contributed by atoms with Crippen molar-refractivity contribution in [3.05, 3.63) is 52.3 Å². The maximum Gasteiger partial charge on any atom is 0.0828 e. The van der Waals surface area contributed by atoms with Gasteiger partial charge in [0.2, 0.25) is 0 Å². The van der Waals surface area contributed by atoms with Crippen LogP contribution in [0.4, 0.5) is 11.4 Å². The monoisotopic (exact) mass is 272 g/mol. The summed E-state index contributed by atoms with van der Waals surface area (Å²) in [6.07, 6.45) is 4.57. The van der Waals surface area contributed by atoms with Gasteiger partial charge in [0.05, 0.1) is 22.6 Å². The van der Waals surface area contributed by atoms with Gasteiger partial charge in [0.15, 0.2) is 0 Å². The predicted octanol–water partition coefficient (Wildman–Crippen LogP) is 3.37. The molecule has 3 N–H and O–H groups in total. The maximum absolute atomic E-state index is 7.25. The number of halogens is 1. The Balaban J connectivity index is 2.27. The van der Waals surface area contributed by atoms with Crippen LogP contribution in [0.15, 0.2) is 35.5 Å². The molecule has 0 aliphatic carbocycles. The maximum atomic E-state index is 7.25. The minimum absolute atomic E-state index is 0.576. The second-order valence-corrected chi connectivity index (χ2v) is 4.46. The predicted molar refractivity (Wildman–Crippen MR) is 80.0 cm³/mol. The molecular weight excluding hydrogens is 260 g/mol. The van der Waals surface area contributed by atoms with E-state index in [9.17, 15) is 0 Å². The molecule has 0 saturated carbocycles. The number of aromatic nitrogens is 1. The van der Waals surface area contributed by atoms with Gasteiger partial charge in [-0.15, -0.1) is 0 Å². The summed E-state index contributed by atoms with van der Waals surface area (Å²) in [4.78, 5) is 8.43. The number of anilines is 1. The van der Waals surface area contributed by atoms with E-state index in [1.165, 1.54) is 6.21 Å². The SMILES string of the molecule is Cc1ncc(/N=C/c2ccc(N)c(C=N)c2)cc1Cl. The number of nitrogen functional groups attached to an aromatic ring is 1. The number of aliphatic imine (C=N–C) groups is 1. The van der Waals surface area contributed by atoms with Gasteiger partial charge in [-0.25, -0.2) is 0 Å². The third-order valence-corrected chi connectivity index (χ3v) is 3.02. The van der Waals surface area contributed by atoms with Crippen molar-refractivity contribution in [2.75, 3.05) is 5.73 Å². The zero-order valence-electron chi connectivity index (χ0n) is 10.4. The lowest BCUT2D eigenvalue weighted by atomic mass is 10.1. The fourth-order valence-corrected chi connectivity index (χ4v) is 1.67. The minimum atomic E-state index is 0.576. The Bertz CT molecular complexity index is 650. The average Bonchev–Trinajstić information content (AvgIpc) is 2.41. The third kappa shape index (κ3) is 3.17. The van der Waals surface area contributed by atoms with Gasteiger partial charge in [-0.05, 0) is 30.7 Å². The van der Waals surface area contributed by atoms with E-state index in [0.29, 0.717) is 22.0 Å². The molecule has 5 heteroatoms. The highest BCUT2D eigenvalue weighted by molar-refractivity contribution is 6.31. The smallest absolute Gasteiger partial charge is 0.0828 e. The van der Waals surface area contributed by atoms with Crippen LogP contribution in [0.5, 0.6) is 0 Å². The standard InChI is InChI=1S/C14H13ClN4/c1-9-13(15)5-12(8-18-9)19-7-10-2-3-14(17)11(4-10)6-16/h2-8,16H,17H2,1H3/b16-6?,19-7+. The van der Waals surface area contributed by atoms with Crippen LogP contribution in [-0.2, 0) is 0 Å². The van der Waals surface area contributed by atoms with Gasteiger partial charge in [-0.1, -0.05) is 17.7 Å². The lowest BCUT2D eigenvalue weighted by molar-refractivity contribution is 1.19. The van der Waals surface area contributed by atoms with Crippen LogP contribution >= 0.6 is 11.6 Å². The molecule has 0 atom stereocenters. The lowest BCUT2D eigenvalue weighted by Crippen LogP contribution is -1.94. The molecule has 0 unspecified atom stereocenters. The van der Waals surface area contributed by atoms with Crippen molar-refractivity contribution >= 4 is 35.4 Å². The number of rotatable bonds is 3. The van der Waals surface area contributed by atoms with Gasteiger partial charge in [0.1, 0.15) is 0 Å². The van der Waals surface area contributed by atoms with Crippen LogP contribution in [0.1, 0.15) is 16.8 Å². The van der Waals surface area contributed by atoms with Gasteiger partial charge < -0.3 is 11.1 Å². The topological polar surface area (TPSA) is 75.1 Å². The van der Waals surface area contributed by atoms with Crippen molar-refractivity contribution in [3.8, 4) is 0 Å². The summed E-state index contributed by atoms with van der Waals surface area (Å²) in [5, 5.41) is 7.84. The van der Waals surface area contributed by atoms with E-state index in [1.54, 1.807) is 30.6 Å². The first-order valence-corrected chi connectivity index (χ1v) is 6.04. The number of nitrogens with one attached hydrogen (secondary N) is 1. The summed E-state index contributed by atoms with van der Waals surface area (Å²) in [7, 11) is 0. The molecule has 0 radical (unpaired) electrons. The quantitative estimate of drug-likeness (QED) is 0.664. The second-order valence-electron chi connectivity index (χ2n) is 4.05. The van der Waals surface area contributed by atoms with E-state index in [-0.39, 0.29) is 0 Å². The van der Waals surface area contributed by atoms with Crippen LogP contribution in [0.3, 0.4) is 0 Å². The Morgan fingerprint density at radius 1 is 1.37 bits per heavy atom. The van der Waals surface area contributed by atoms with E-state index >= 15 is 0 Å². The highest BCUT2D eigenvalue weighted by Gasteiger charge is 1.99. The van der Waals surface area contributed by atoms with Gasteiger partial charge in [0, 0.05) is 23.7 Å². The van der Waals surface area contributed by atoms with Crippen molar-refractivity contribution in [1.82, 2.24) is 4.98 Å². The number of aryl methyl sites for hydroxylation is 1. The number of benzene rings is 1. The summed E-state index contributed by atoms with van der Waals surface area (Å²) in [5.41, 5.74) is 9.29. The Kier molecular flexibility index (Phi) is 3.92. The molecule has 96 valence electrons. The molecule has 4 nitrogen and oxygen atoms in total. The zero-order chi connectivity index (χ0) is 13.8. The molecule has 0 spiro atoms. The van der Waals surface area contributed by atoms with Crippen molar-refractivity contribution < 1.29 is 0 Å². The molecule has 0 saturated heterocycles. The van der Waals surface area contributed by atoms with E-state index < -0.39 is 0 Å². The van der Waals surface area contributed by atoms with Gasteiger partial charge in [0.25, 0.3) is 0 Å². The number of nitrogens with zero attached hydrogens (tertiary/aromatic N) is 2. The van der Waals surface area contributed by atoms with Crippen molar-refractivity contribution in [2.24, 2.45) is 4.99 Å². The van der Waals surface area contributed by atoms with Crippen molar-refractivity contribution in [2.45, 2.75) is 6.92 Å². The Morgan fingerprint density at radius 3 is 2.84 bits per heavy atom. The normalized spacial score (nSPS) is 10.8. The molecule has 0 fully saturated rings. The van der Waals surface area contributed by atoms with E-state index in [1.807, 2.05) is 13.0 Å². The average molecular weight is 273 g/mol. The summed E-state index contributed by atoms with van der Waals surface area (Å²) in [6, 6.07) is 7.15. The fourth-order valence-electron chi connectivity index (χ4n) is 1.51. The molecule has 2 rings (SSSR count). The summed E-state index contributed by atoms with van der Waals surface area (Å²) >= 11 is 5.98. The molecule has 2 aromatic rings. The van der Waals surface area contributed by atoms with Crippen LogP contribution in [0, 0.1) is 12.3 Å². The number of hydrogen-bond donors (Lipinski definition) is 2. The van der Waals surface area contributed by atoms with Crippen LogP contribution in [0.2, 0.25) is 5.02 Å². The first-order valence-electron chi connectivity index (χ1n) is 5.66. The first-order chi connectivity index (χ1) is 9.10. The molecule has 0 bridgehead atoms. The van der Waals surface area contributed by atoms with E-state index in [4.69, 9.17) is 22.7 Å². The molecule has 0 amide bonds. The molecule has 1 aromatic heterocycles. The minimum Gasteiger partial charge on any atom is -0.398 e. The Hall–Kier alpha value is -2.20. The fraction of sp³-hybridized carbons (Fsp3) is 0.0714. The summed E-state index contributed by atoms with van der Waals surface area (Å²) in [6.45, 7) is 1.84. The zero-order valence-corrected chi connectivity index (χ0v) is 11.1. The van der Waals surface area contributed by atoms with E-state index in [2.05, 4.69) is 9.98 Å². The summed E-state index contributed by atoms with van der Waals surface area (Å²) in [5.74, 6) is 0. The second kappa shape index (κ2) is 5.63. The highest BCUT2D eigenvalue weighted by Crippen LogP contribution is 2.20. The highest BCUT2D eigenvalue weighted by atomic mass is 35.5. The van der Waals surface area contributed by atoms with Gasteiger partial charge >= 0.3 is 0 Å². The van der Waals surface area contributed by atoms with Crippen molar-refractivity contribution in [1.29, 1.82) is 5.41 Å². The number of hydrogen-bond acceptors (Lipinski definition) is 4. The van der Waals surface area contributed by atoms with Crippen LogP contribution < -0.4 is 5.73 Å². The van der Waals surface area contributed by atoms with E-state index in [0.717, 1.165) is 11.3 Å². The van der Waals surface area contributed by atoms with Gasteiger partial charge in [-0.2, -0.15) is 0 Å². The molecular formula is C14H13ClN4. The molecule has 1 heterocycles. The summed E-state index contributed by atoms with van der Waals surface area (Å²) < 4.78 is 0. The van der Waals surface area contributed by atoms with Crippen LogP contribution in [0.25, 0.3) is 0 Å². The Labute approximate surface area is 116 Å². The molecule has 19 heavy (non-hydrogen) atoms. The number of nitrogens with two attached hydrogens (primary N) is 1. The van der Waals surface area contributed by atoms with Crippen molar-refractivity contribution in [3.63, 3.8) is 0 Å². The van der Waals surface area contributed by atoms with Crippen LogP contribution in [-0.4, -0.2) is 17.4 Å². The lowest BCUT2D eigenvalue weighted by Gasteiger charge is -2.01. The number of pyridine rings is 1. The first kappa shape index (κ1) is 13.2. The third-order valence-electron chi connectivity index (χ3n) is 2.64. The largest absolute Gasteiger partial charge is 0.398 e. The molecule has 0 aliphatic heterocycles. The molecule has 1 aromatic carbocycles. The Morgan fingerprint density at radius 2 is 2.16 bits per heavy atom. The van der Waals surface area contributed by atoms with Gasteiger partial charge in [-0.3, -0.25) is 9.98 Å².